The van der Waals surface area contributed by atoms with E-state index in [4.69, 9.17) is 10.8 Å². The smallest absolute Gasteiger partial charge is 0.325 e. The van der Waals surface area contributed by atoms with E-state index in [1.807, 2.05) is 36.1 Å². The molecule has 86 valence electrons. The minimum atomic E-state index is -1.09. The summed E-state index contributed by atoms with van der Waals surface area (Å²) in [5.74, 6) is -0.914. The summed E-state index contributed by atoms with van der Waals surface area (Å²) < 4.78 is 0. The first-order valence-corrected chi connectivity index (χ1v) is 5.35. The summed E-state index contributed by atoms with van der Waals surface area (Å²) in [6.07, 6.45) is 0.496. The maximum absolute atomic E-state index is 11.0. The van der Waals surface area contributed by atoms with Crippen LogP contribution in [0.3, 0.4) is 0 Å². The van der Waals surface area contributed by atoms with Crippen LogP contribution in [0.15, 0.2) is 24.3 Å². The Morgan fingerprint density at radius 1 is 1.56 bits per heavy atom. The second kappa shape index (κ2) is 3.79. The molecule has 1 aliphatic heterocycles. The van der Waals surface area contributed by atoms with E-state index in [0.717, 1.165) is 5.69 Å². The van der Waals surface area contributed by atoms with Crippen LogP contribution >= 0.6 is 0 Å². The van der Waals surface area contributed by atoms with E-state index >= 15 is 0 Å². The molecule has 0 aromatic heterocycles. The Kier molecular flexibility index (Phi) is 2.59. The highest BCUT2D eigenvalue weighted by molar-refractivity contribution is 5.80. The van der Waals surface area contributed by atoms with E-state index in [-0.39, 0.29) is 0 Å². The normalized spacial score (nSPS) is 24.8. The average molecular weight is 220 g/mol. The molecule has 4 heteroatoms. The topological polar surface area (TPSA) is 66.6 Å². The van der Waals surface area contributed by atoms with Crippen molar-refractivity contribution in [2.45, 2.75) is 18.9 Å². The summed E-state index contributed by atoms with van der Waals surface area (Å²) in [6.45, 7) is 3.10. The zero-order chi connectivity index (χ0) is 11.8. The number of hydrogen-bond acceptors (Lipinski definition) is 3. The van der Waals surface area contributed by atoms with Crippen LogP contribution in [0.5, 0.6) is 0 Å². The summed E-state index contributed by atoms with van der Waals surface area (Å²) in [5.41, 5.74) is 6.95. The van der Waals surface area contributed by atoms with Crippen molar-refractivity contribution in [1.82, 2.24) is 0 Å². The van der Waals surface area contributed by atoms with E-state index in [1.165, 1.54) is 5.56 Å². The lowest BCUT2D eigenvalue weighted by Gasteiger charge is -2.21. The number of carbonyl (C=O) groups is 1. The summed E-state index contributed by atoms with van der Waals surface area (Å²) in [4.78, 5) is 13.0. The molecule has 1 aromatic rings. The molecule has 2 rings (SSSR count). The Morgan fingerprint density at radius 3 is 2.88 bits per heavy atom. The molecule has 1 unspecified atom stereocenters. The van der Waals surface area contributed by atoms with Crippen LogP contribution in [0.25, 0.3) is 0 Å². The fourth-order valence-electron chi connectivity index (χ4n) is 2.05. The van der Waals surface area contributed by atoms with E-state index in [9.17, 15) is 4.79 Å². The average Bonchev–Trinajstić information content (AvgIpc) is 2.62. The van der Waals surface area contributed by atoms with Crippen LogP contribution in [0.1, 0.15) is 12.0 Å². The molecule has 0 amide bonds. The van der Waals surface area contributed by atoms with Gasteiger partial charge in [-0.05, 0) is 31.0 Å². The van der Waals surface area contributed by atoms with Crippen molar-refractivity contribution in [3.05, 3.63) is 29.8 Å². The van der Waals surface area contributed by atoms with Gasteiger partial charge in [-0.2, -0.15) is 0 Å². The van der Waals surface area contributed by atoms with Gasteiger partial charge in [0.2, 0.25) is 0 Å². The van der Waals surface area contributed by atoms with Crippen LogP contribution < -0.4 is 10.6 Å². The van der Waals surface area contributed by atoms with Crippen molar-refractivity contribution in [3.63, 3.8) is 0 Å². The maximum atomic E-state index is 11.0. The minimum absolute atomic E-state index is 0.381. The van der Waals surface area contributed by atoms with Gasteiger partial charge in [0.15, 0.2) is 0 Å². The zero-order valence-corrected chi connectivity index (χ0v) is 9.31. The second-order valence-electron chi connectivity index (χ2n) is 4.47. The number of carboxylic acid groups (broad SMARTS) is 1. The van der Waals surface area contributed by atoms with Gasteiger partial charge < -0.3 is 15.7 Å². The van der Waals surface area contributed by atoms with E-state index in [2.05, 4.69) is 0 Å². The SMILES string of the molecule is Cc1cccc(N2CCC(N)(C(=O)O)C2)c1. The molecular formula is C12H16N2O2. The lowest BCUT2D eigenvalue weighted by atomic mass is 10.0. The Hall–Kier alpha value is -1.55. The number of hydrogen-bond donors (Lipinski definition) is 2. The molecule has 1 aromatic carbocycles. The first kappa shape index (κ1) is 11.0. The first-order chi connectivity index (χ1) is 7.51. The lowest BCUT2D eigenvalue weighted by molar-refractivity contribution is -0.142. The van der Waals surface area contributed by atoms with E-state index in [0.29, 0.717) is 19.5 Å². The Bertz CT molecular complexity index is 419. The number of nitrogens with two attached hydrogens (primary N) is 1. The van der Waals surface area contributed by atoms with Crippen molar-refractivity contribution in [3.8, 4) is 0 Å². The Labute approximate surface area is 94.7 Å². The second-order valence-corrected chi connectivity index (χ2v) is 4.47. The molecular weight excluding hydrogens is 204 g/mol. The quantitative estimate of drug-likeness (QED) is 0.780. The molecule has 0 aliphatic carbocycles. The Balaban J connectivity index is 2.18. The molecule has 16 heavy (non-hydrogen) atoms. The molecule has 4 nitrogen and oxygen atoms in total. The third-order valence-electron chi connectivity index (χ3n) is 3.09. The van der Waals surface area contributed by atoms with E-state index in [1.54, 1.807) is 0 Å². The number of aryl methyl sites for hydroxylation is 1. The first-order valence-electron chi connectivity index (χ1n) is 5.35. The fraction of sp³-hybridized carbons (Fsp3) is 0.417. The highest BCUT2D eigenvalue weighted by atomic mass is 16.4. The Morgan fingerprint density at radius 2 is 2.31 bits per heavy atom. The minimum Gasteiger partial charge on any atom is -0.480 e. The standard InChI is InChI=1S/C12H16N2O2/c1-9-3-2-4-10(7-9)14-6-5-12(13,8-14)11(15)16/h2-4,7H,5-6,8,13H2,1H3,(H,15,16). The number of nitrogens with zero attached hydrogens (tertiary/aromatic N) is 1. The van der Waals surface area contributed by atoms with Crippen molar-refractivity contribution >= 4 is 11.7 Å². The van der Waals surface area contributed by atoms with Crippen molar-refractivity contribution in [2.75, 3.05) is 18.0 Å². The monoisotopic (exact) mass is 220 g/mol. The zero-order valence-electron chi connectivity index (χ0n) is 9.31. The molecule has 3 N–H and O–H groups in total. The molecule has 0 spiro atoms. The molecule has 0 radical (unpaired) electrons. The fourth-order valence-corrected chi connectivity index (χ4v) is 2.05. The number of aliphatic carboxylic acids is 1. The van der Waals surface area contributed by atoms with Gasteiger partial charge in [-0.1, -0.05) is 12.1 Å². The third-order valence-corrected chi connectivity index (χ3v) is 3.09. The molecule has 1 heterocycles. The van der Waals surface area contributed by atoms with Gasteiger partial charge in [-0.3, -0.25) is 4.79 Å². The molecule has 1 saturated heterocycles. The van der Waals surface area contributed by atoms with E-state index < -0.39 is 11.5 Å². The van der Waals surface area contributed by atoms with Crippen LogP contribution in [-0.2, 0) is 4.79 Å². The van der Waals surface area contributed by atoms with Crippen LogP contribution in [0.4, 0.5) is 5.69 Å². The number of benzene rings is 1. The van der Waals surface area contributed by atoms with Crippen LogP contribution in [0, 0.1) is 6.92 Å². The van der Waals surface area contributed by atoms with Crippen molar-refractivity contribution < 1.29 is 9.90 Å². The van der Waals surface area contributed by atoms with Gasteiger partial charge in [-0.15, -0.1) is 0 Å². The highest BCUT2D eigenvalue weighted by Crippen LogP contribution is 2.25. The number of carboxylic acids is 1. The van der Waals surface area contributed by atoms with Gasteiger partial charge >= 0.3 is 5.97 Å². The van der Waals surface area contributed by atoms with Crippen LogP contribution in [0.2, 0.25) is 0 Å². The van der Waals surface area contributed by atoms with Gasteiger partial charge in [0.25, 0.3) is 0 Å². The maximum Gasteiger partial charge on any atom is 0.325 e. The largest absolute Gasteiger partial charge is 0.480 e. The van der Waals surface area contributed by atoms with Crippen molar-refractivity contribution in [2.24, 2.45) is 5.73 Å². The number of rotatable bonds is 2. The van der Waals surface area contributed by atoms with Crippen molar-refractivity contribution in [1.29, 1.82) is 0 Å². The van der Waals surface area contributed by atoms with Gasteiger partial charge in [0, 0.05) is 18.8 Å². The van der Waals surface area contributed by atoms with Gasteiger partial charge in [0.05, 0.1) is 0 Å². The number of anilines is 1. The third kappa shape index (κ3) is 1.88. The molecule has 0 saturated carbocycles. The van der Waals surface area contributed by atoms with Gasteiger partial charge in [0.1, 0.15) is 5.54 Å². The molecule has 1 aliphatic rings. The summed E-state index contributed by atoms with van der Waals surface area (Å²) in [7, 11) is 0. The molecule has 1 atom stereocenters. The molecule has 0 bridgehead atoms. The van der Waals surface area contributed by atoms with Crippen LogP contribution in [-0.4, -0.2) is 29.7 Å². The lowest BCUT2D eigenvalue weighted by Crippen LogP contribution is -2.50. The summed E-state index contributed by atoms with van der Waals surface area (Å²) in [6, 6.07) is 8.03. The summed E-state index contributed by atoms with van der Waals surface area (Å²) in [5, 5.41) is 9.04. The molecule has 1 fully saturated rings. The predicted molar refractivity (Wildman–Crippen MR) is 62.6 cm³/mol. The predicted octanol–water partition coefficient (Wildman–Crippen LogP) is 0.987. The van der Waals surface area contributed by atoms with Gasteiger partial charge in [-0.25, -0.2) is 0 Å². The summed E-state index contributed by atoms with van der Waals surface area (Å²) >= 11 is 0. The highest BCUT2D eigenvalue weighted by Gasteiger charge is 2.41.